The molecule has 4 N–H and O–H groups in total. The van der Waals surface area contributed by atoms with Gasteiger partial charge in [0.1, 0.15) is 5.84 Å². The fraction of sp³-hybridized carbons (Fsp3) is 0.875. The minimum atomic E-state index is -0.602. The first kappa shape index (κ1) is 16.1. The van der Waals surface area contributed by atoms with Gasteiger partial charge >= 0.3 is 6.03 Å². The number of hydrogen-bond donors (Lipinski definition) is 3. The number of rotatable bonds is 3. The summed E-state index contributed by atoms with van der Waals surface area (Å²) in [5, 5.41) is 11.1. The quantitative estimate of drug-likeness (QED) is 0.552. The third kappa shape index (κ3) is 3.89. The van der Waals surface area contributed by atoms with E-state index < -0.39 is 5.54 Å². The lowest BCUT2D eigenvalue weighted by atomic mass is 9.75. The molecule has 2 rings (SSSR count). The summed E-state index contributed by atoms with van der Waals surface area (Å²) in [4.78, 5) is 14.4. The second-order valence-electron chi connectivity index (χ2n) is 6.68. The maximum atomic E-state index is 12.5. The van der Waals surface area contributed by atoms with Crippen LogP contribution < -0.4 is 11.1 Å². The monoisotopic (exact) mass is 294 g/mol. The Morgan fingerprint density at radius 2 is 1.81 bits per heavy atom. The van der Waals surface area contributed by atoms with Gasteiger partial charge in [0.05, 0.1) is 5.54 Å². The van der Waals surface area contributed by atoms with Gasteiger partial charge in [-0.1, -0.05) is 26.2 Å². The molecule has 2 fully saturated rings. The number of urea groups is 1. The van der Waals surface area contributed by atoms with Crippen molar-refractivity contribution in [3.63, 3.8) is 0 Å². The van der Waals surface area contributed by atoms with E-state index in [1.54, 1.807) is 0 Å². The van der Waals surface area contributed by atoms with Crippen LogP contribution in [-0.2, 0) is 0 Å². The maximum absolute atomic E-state index is 12.5. The molecule has 0 atom stereocenters. The number of hydrogen-bond acceptors (Lipinski definition) is 2. The lowest BCUT2D eigenvalue weighted by molar-refractivity contribution is 0.177. The predicted octanol–water partition coefficient (Wildman–Crippen LogP) is 2.85. The minimum Gasteiger partial charge on any atom is -0.386 e. The van der Waals surface area contributed by atoms with Crippen molar-refractivity contribution in [3.05, 3.63) is 0 Å². The smallest absolute Gasteiger partial charge is 0.318 e. The zero-order valence-corrected chi connectivity index (χ0v) is 13.3. The first-order chi connectivity index (χ1) is 10.1. The topological polar surface area (TPSA) is 82.2 Å². The van der Waals surface area contributed by atoms with Crippen molar-refractivity contribution in [2.45, 2.75) is 70.3 Å². The van der Waals surface area contributed by atoms with Crippen molar-refractivity contribution in [1.29, 1.82) is 5.41 Å². The largest absolute Gasteiger partial charge is 0.386 e. The molecule has 2 amide bonds. The molecule has 1 heterocycles. The summed E-state index contributed by atoms with van der Waals surface area (Å²) in [6.07, 6.45) is 9.47. The molecule has 0 aromatic rings. The van der Waals surface area contributed by atoms with Crippen LogP contribution in [0, 0.1) is 11.3 Å². The summed E-state index contributed by atoms with van der Waals surface area (Å²) in [7, 11) is 0. The number of carbonyl (C=O) groups is 1. The molecule has 2 aliphatic rings. The highest BCUT2D eigenvalue weighted by atomic mass is 16.2. The zero-order chi connectivity index (χ0) is 15.3. The van der Waals surface area contributed by atoms with Crippen LogP contribution in [0.4, 0.5) is 4.79 Å². The number of nitrogens with two attached hydrogens (primary N) is 1. The summed E-state index contributed by atoms with van der Waals surface area (Å²) in [6, 6.07) is -0.0259. The van der Waals surface area contributed by atoms with Crippen LogP contribution in [0.2, 0.25) is 0 Å². The van der Waals surface area contributed by atoms with Crippen LogP contribution in [0.3, 0.4) is 0 Å². The van der Waals surface area contributed by atoms with Crippen LogP contribution in [-0.4, -0.2) is 35.4 Å². The number of amides is 2. The molecule has 0 aromatic heterocycles. The Kier molecular flexibility index (Phi) is 5.48. The summed E-state index contributed by atoms with van der Waals surface area (Å²) in [5.41, 5.74) is 5.25. The Morgan fingerprint density at radius 1 is 1.24 bits per heavy atom. The maximum Gasteiger partial charge on any atom is 0.318 e. The zero-order valence-electron chi connectivity index (χ0n) is 13.3. The average Bonchev–Trinajstić information content (AvgIpc) is 2.77. The fourth-order valence-electron chi connectivity index (χ4n) is 3.60. The molecule has 1 aliphatic heterocycles. The van der Waals surface area contributed by atoms with E-state index in [9.17, 15) is 4.79 Å². The summed E-state index contributed by atoms with van der Waals surface area (Å²) in [6.45, 7) is 3.87. The molecule has 0 radical (unpaired) electrons. The van der Waals surface area contributed by atoms with Crippen molar-refractivity contribution in [1.82, 2.24) is 10.2 Å². The van der Waals surface area contributed by atoms with Crippen LogP contribution in [0.15, 0.2) is 0 Å². The van der Waals surface area contributed by atoms with Gasteiger partial charge in [-0.2, -0.15) is 0 Å². The molecule has 0 unspecified atom stereocenters. The normalized spacial score (nSPS) is 30.5. The second kappa shape index (κ2) is 7.14. The van der Waals surface area contributed by atoms with E-state index in [2.05, 4.69) is 12.2 Å². The molecule has 21 heavy (non-hydrogen) atoms. The lowest BCUT2D eigenvalue weighted by Crippen LogP contribution is -2.61. The van der Waals surface area contributed by atoms with Gasteiger partial charge in [-0.15, -0.1) is 0 Å². The molecule has 1 aliphatic carbocycles. The van der Waals surface area contributed by atoms with Gasteiger partial charge in [-0.3, -0.25) is 5.41 Å². The molecule has 0 aromatic carbocycles. The average molecular weight is 294 g/mol. The Bertz CT molecular complexity index is 366. The third-order valence-electron chi connectivity index (χ3n) is 5.29. The van der Waals surface area contributed by atoms with E-state index in [0.29, 0.717) is 5.92 Å². The molecule has 5 nitrogen and oxygen atoms in total. The third-order valence-corrected chi connectivity index (χ3v) is 5.29. The van der Waals surface area contributed by atoms with Crippen LogP contribution in [0.1, 0.15) is 64.7 Å². The van der Waals surface area contributed by atoms with Crippen LogP contribution >= 0.6 is 0 Å². The van der Waals surface area contributed by atoms with Crippen molar-refractivity contribution in [3.8, 4) is 0 Å². The Balaban J connectivity index is 1.99. The van der Waals surface area contributed by atoms with E-state index in [1.807, 2.05) is 4.90 Å². The molecule has 5 heteroatoms. The highest BCUT2D eigenvalue weighted by molar-refractivity contribution is 5.91. The van der Waals surface area contributed by atoms with Crippen molar-refractivity contribution >= 4 is 11.9 Å². The second-order valence-corrected chi connectivity index (χ2v) is 6.68. The van der Waals surface area contributed by atoms with Crippen molar-refractivity contribution < 1.29 is 4.79 Å². The van der Waals surface area contributed by atoms with E-state index >= 15 is 0 Å². The molecule has 0 spiro atoms. The number of likely N-dealkylation sites (tertiary alicyclic amines) is 1. The van der Waals surface area contributed by atoms with Gasteiger partial charge in [0.15, 0.2) is 0 Å². The molecule has 0 bridgehead atoms. The Labute approximate surface area is 128 Å². The highest BCUT2D eigenvalue weighted by Crippen LogP contribution is 2.34. The SMILES string of the molecule is CCC1CCC(NC(=O)N2CCCCCC2)(C(=N)N)CC1. The molecule has 1 saturated carbocycles. The highest BCUT2D eigenvalue weighted by Gasteiger charge is 2.40. The van der Waals surface area contributed by atoms with Gasteiger partial charge in [0, 0.05) is 13.1 Å². The number of nitrogens with zero attached hydrogens (tertiary/aromatic N) is 1. The van der Waals surface area contributed by atoms with Crippen molar-refractivity contribution in [2.75, 3.05) is 13.1 Å². The van der Waals surface area contributed by atoms with Gasteiger partial charge in [0.25, 0.3) is 0 Å². The summed E-state index contributed by atoms with van der Waals surface area (Å²) >= 11 is 0. The van der Waals surface area contributed by atoms with E-state index in [4.69, 9.17) is 11.1 Å². The molecular weight excluding hydrogens is 264 g/mol. The van der Waals surface area contributed by atoms with Crippen molar-refractivity contribution in [2.24, 2.45) is 11.7 Å². The van der Waals surface area contributed by atoms with Gasteiger partial charge in [-0.25, -0.2) is 4.79 Å². The van der Waals surface area contributed by atoms with E-state index in [0.717, 1.165) is 51.6 Å². The molecule has 1 saturated heterocycles. The molecular formula is C16H30N4O. The minimum absolute atomic E-state index is 0.0259. The number of amidine groups is 1. The van der Waals surface area contributed by atoms with Crippen LogP contribution in [0.25, 0.3) is 0 Å². The first-order valence-electron chi connectivity index (χ1n) is 8.49. The predicted molar refractivity (Wildman–Crippen MR) is 85.5 cm³/mol. The number of carbonyl (C=O) groups excluding carboxylic acids is 1. The first-order valence-corrected chi connectivity index (χ1v) is 8.49. The van der Waals surface area contributed by atoms with Gasteiger partial charge < -0.3 is 16.0 Å². The van der Waals surface area contributed by atoms with Crippen LogP contribution in [0.5, 0.6) is 0 Å². The summed E-state index contributed by atoms with van der Waals surface area (Å²) in [5.74, 6) is 0.841. The summed E-state index contributed by atoms with van der Waals surface area (Å²) < 4.78 is 0. The van der Waals surface area contributed by atoms with E-state index in [-0.39, 0.29) is 11.9 Å². The Hall–Kier alpha value is -1.26. The lowest BCUT2D eigenvalue weighted by Gasteiger charge is -2.41. The Morgan fingerprint density at radius 3 is 2.29 bits per heavy atom. The van der Waals surface area contributed by atoms with Gasteiger partial charge in [-0.05, 0) is 44.4 Å². The van der Waals surface area contributed by atoms with Gasteiger partial charge in [0.2, 0.25) is 0 Å². The molecule has 120 valence electrons. The standard InChI is InChI=1S/C16H30N4O/c1-2-13-7-9-16(10-8-13,14(17)18)19-15(21)20-11-5-3-4-6-12-20/h13H,2-12H2,1H3,(H3,17,18)(H,19,21). The number of nitrogens with one attached hydrogen (secondary N) is 2. The van der Waals surface area contributed by atoms with E-state index in [1.165, 1.54) is 19.3 Å². The fourth-order valence-corrected chi connectivity index (χ4v) is 3.60.